The van der Waals surface area contributed by atoms with Gasteiger partial charge in [0.15, 0.2) is 0 Å². The molecule has 166 valence electrons. The molecule has 2 saturated carbocycles. The predicted octanol–water partition coefficient (Wildman–Crippen LogP) is 7.96. The van der Waals surface area contributed by atoms with Gasteiger partial charge in [-0.3, -0.25) is 4.79 Å². The summed E-state index contributed by atoms with van der Waals surface area (Å²) in [4.78, 5) is 13.0. The third-order valence-corrected chi connectivity index (χ3v) is 7.78. The van der Waals surface area contributed by atoms with Gasteiger partial charge in [0, 0.05) is 5.56 Å². The maximum atomic E-state index is 13.3. The molecule has 2 aliphatic carbocycles. The molecule has 0 unspecified atom stereocenters. The van der Waals surface area contributed by atoms with Crippen LogP contribution in [0.15, 0.2) is 48.5 Å². The maximum Gasteiger partial charge on any atom is 0.314 e. The van der Waals surface area contributed by atoms with Crippen LogP contribution in [0.4, 0.5) is 4.39 Å². The molecular weight excluding hydrogens is 387 g/mol. The van der Waals surface area contributed by atoms with Crippen molar-refractivity contribution in [3.8, 4) is 16.9 Å². The number of para-hydroxylation sites is 1. The lowest BCUT2D eigenvalue weighted by molar-refractivity contribution is -0.140. The summed E-state index contributed by atoms with van der Waals surface area (Å²) in [6.45, 7) is 2.32. The number of carbonyl (C=O) groups is 1. The highest BCUT2D eigenvalue weighted by Gasteiger charge is 2.41. The van der Waals surface area contributed by atoms with Crippen molar-refractivity contribution in [2.45, 2.75) is 77.6 Å². The van der Waals surface area contributed by atoms with Gasteiger partial charge in [-0.05, 0) is 80.0 Å². The minimum absolute atomic E-state index is 0.0141. The van der Waals surface area contributed by atoms with Crippen LogP contribution in [0.1, 0.15) is 77.6 Å². The molecule has 0 aromatic heterocycles. The lowest BCUT2D eigenvalue weighted by Gasteiger charge is -2.46. The number of esters is 1. The topological polar surface area (TPSA) is 26.3 Å². The van der Waals surface area contributed by atoms with Gasteiger partial charge < -0.3 is 4.74 Å². The van der Waals surface area contributed by atoms with Crippen molar-refractivity contribution in [2.24, 2.45) is 17.3 Å². The molecule has 0 radical (unpaired) electrons. The Balaban J connectivity index is 1.40. The number of hydrogen-bond donors (Lipinski definition) is 0. The van der Waals surface area contributed by atoms with Crippen LogP contribution in [0.3, 0.4) is 0 Å². The number of benzene rings is 2. The molecule has 0 atom stereocenters. The van der Waals surface area contributed by atoms with Crippen molar-refractivity contribution < 1.29 is 13.9 Å². The van der Waals surface area contributed by atoms with Gasteiger partial charge in [-0.15, -0.1) is 0 Å². The molecule has 2 fully saturated rings. The summed E-state index contributed by atoms with van der Waals surface area (Å²) in [6, 6.07) is 13.9. The van der Waals surface area contributed by atoms with E-state index in [0.717, 1.165) is 42.7 Å². The minimum atomic E-state index is -0.270. The fourth-order valence-corrected chi connectivity index (χ4v) is 6.17. The molecule has 31 heavy (non-hydrogen) atoms. The molecule has 0 heterocycles. The van der Waals surface area contributed by atoms with E-state index in [4.69, 9.17) is 4.74 Å². The Morgan fingerprint density at radius 1 is 0.968 bits per heavy atom. The molecule has 2 aromatic carbocycles. The molecule has 2 aromatic rings. The first kappa shape index (κ1) is 22.0. The van der Waals surface area contributed by atoms with E-state index in [0.29, 0.717) is 11.2 Å². The summed E-state index contributed by atoms with van der Waals surface area (Å²) >= 11 is 0. The molecule has 0 spiro atoms. The standard InChI is InChI=1S/C28H35FO2/c1-2-18-28(19-6-3-7-20-28)23-14-10-22(11-15-23)27(30)31-26-9-5-4-8-25(26)21-12-16-24(29)17-13-21/h4-5,8-9,12-13,16-17,22-23H,2-3,6-7,10-11,14-15,18-20H2,1H3. The Bertz CT molecular complexity index is 853. The van der Waals surface area contributed by atoms with Gasteiger partial charge in [-0.1, -0.05) is 62.9 Å². The van der Waals surface area contributed by atoms with Crippen LogP contribution < -0.4 is 4.74 Å². The summed E-state index contributed by atoms with van der Waals surface area (Å²) < 4.78 is 19.2. The SMILES string of the molecule is CCCC1(C2CCC(C(=O)Oc3ccccc3-c3ccc(F)cc3)CC2)CCCCC1. The van der Waals surface area contributed by atoms with Crippen molar-refractivity contribution in [3.05, 3.63) is 54.3 Å². The molecular formula is C28H35FO2. The van der Waals surface area contributed by atoms with E-state index in [9.17, 15) is 9.18 Å². The lowest BCUT2D eigenvalue weighted by atomic mass is 9.59. The highest BCUT2D eigenvalue weighted by molar-refractivity contribution is 5.79. The van der Waals surface area contributed by atoms with E-state index in [1.807, 2.05) is 24.3 Å². The van der Waals surface area contributed by atoms with Crippen molar-refractivity contribution in [1.29, 1.82) is 0 Å². The molecule has 0 saturated heterocycles. The zero-order valence-corrected chi connectivity index (χ0v) is 18.7. The molecule has 2 nitrogen and oxygen atoms in total. The molecule has 0 aliphatic heterocycles. The largest absolute Gasteiger partial charge is 0.426 e. The van der Waals surface area contributed by atoms with E-state index in [-0.39, 0.29) is 17.7 Å². The summed E-state index contributed by atoms with van der Waals surface area (Å²) in [5, 5.41) is 0. The second-order valence-electron chi connectivity index (χ2n) is 9.65. The first-order valence-electron chi connectivity index (χ1n) is 12.2. The Labute approximate surface area is 186 Å². The number of ether oxygens (including phenoxy) is 1. The number of halogens is 1. The van der Waals surface area contributed by atoms with E-state index in [2.05, 4.69) is 6.92 Å². The van der Waals surface area contributed by atoms with E-state index < -0.39 is 0 Å². The zero-order valence-electron chi connectivity index (χ0n) is 18.7. The Morgan fingerprint density at radius 3 is 2.32 bits per heavy atom. The van der Waals surface area contributed by atoms with Gasteiger partial charge >= 0.3 is 5.97 Å². The van der Waals surface area contributed by atoms with E-state index in [1.165, 1.54) is 57.1 Å². The first-order valence-corrected chi connectivity index (χ1v) is 12.2. The third kappa shape index (κ3) is 5.02. The Hall–Kier alpha value is -2.16. The monoisotopic (exact) mass is 422 g/mol. The summed E-state index contributed by atoms with van der Waals surface area (Å²) in [6.07, 6.45) is 13.7. The third-order valence-electron chi connectivity index (χ3n) is 7.78. The molecule has 0 amide bonds. The van der Waals surface area contributed by atoms with Crippen LogP contribution in [0.2, 0.25) is 0 Å². The predicted molar refractivity (Wildman–Crippen MR) is 123 cm³/mol. The van der Waals surface area contributed by atoms with Crippen LogP contribution in [0.5, 0.6) is 5.75 Å². The molecule has 2 aliphatic rings. The minimum Gasteiger partial charge on any atom is -0.426 e. The Morgan fingerprint density at radius 2 is 1.65 bits per heavy atom. The lowest BCUT2D eigenvalue weighted by Crippen LogP contribution is -2.37. The van der Waals surface area contributed by atoms with Crippen molar-refractivity contribution in [3.63, 3.8) is 0 Å². The fraction of sp³-hybridized carbons (Fsp3) is 0.536. The number of rotatable bonds is 6. The maximum absolute atomic E-state index is 13.3. The highest BCUT2D eigenvalue weighted by atomic mass is 19.1. The quantitative estimate of drug-likeness (QED) is 0.349. The smallest absolute Gasteiger partial charge is 0.314 e. The number of carbonyl (C=O) groups excluding carboxylic acids is 1. The van der Waals surface area contributed by atoms with Gasteiger partial charge in [-0.25, -0.2) is 4.39 Å². The van der Waals surface area contributed by atoms with Crippen LogP contribution in [0.25, 0.3) is 11.1 Å². The normalized spacial score (nSPS) is 23.3. The summed E-state index contributed by atoms with van der Waals surface area (Å²) in [5.74, 6) is 0.939. The zero-order chi connectivity index (χ0) is 21.7. The van der Waals surface area contributed by atoms with Crippen LogP contribution >= 0.6 is 0 Å². The molecule has 0 bridgehead atoms. The second kappa shape index (κ2) is 9.97. The van der Waals surface area contributed by atoms with Crippen LogP contribution in [-0.4, -0.2) is 5.97 Å². The summed E-state index contributed by atoms with van der Waals surface area (Å²) in [7, 11) is 0. The van der Waals surface area contributed by atoms with E-state index in [1.54, 1.807) is 12.1 Å². The van der Waals surface area contributed by atoms with Crippen LogP contribution in [-0.2, 0) is 4.79 Å². The average molecular weight is 423 g/mol. The van der Waals surface area contributed by atoms with Gasteiger partial charge in [0.1, 0.15) is 11.6 Å². The second-order valence-corrected chi connectivity index (χ2v) is 9.65. The van der Waals surface area contributed by atoms with Gasteiger partial charge in [0.25, 0.3) is 0 Å². The molecule has 3 heteroatoms. The molecule has 0 N–H and O–H groups in total. The highest BCUT2D eigenvalue weighted by Crippen LogP contribution is 2.52. The van der Waals surface area contributed by atoms with E-state index >= 15 is 0 Å². The first-order chi connectivity index (χ1) is 15.1. The Kier molecular flexibility index (Phi) is 7.09. The van der Waals surface area contributed by atoms with Crippen molar-refractivity contribution in [1.82, 2.24) is 0 Å². The van der Waals surface area contributed by atoms with Gasteiger partial charge in [0.05, 0.1) is 5.92 Å². The van der Waals surface area contributed by atoms with Crippen molar-refractivity contribution in [2.75, 3.05) is 0 Å². The van der Waals surface area contributed by atoms with Gasteiger partial charge in [0.2, 0.25) is 0 Å². The molecule has 4 rings (SSSR count). The number of hydrogen-bond acceptors (Lipinski definition) is 2. The fourth-order valence-electron chi connectivity index (χ4n) is 6.17. The van der Waals surface area contributed by atoms with Crippen molar-refractivity contribution >= 4 is 5.97 Å². The average Bonchev–Trinajstić information content (AvgIpc) is 2.81. The summed E-state index contributed by atoms with van der Waals surface area (Å²) in [5.41, 5.74) is 2.21. The van der Waals surface area contributed by atoms with Gasteiger partial charge in [-0.2, -0.15) is 0 Å². The van der Waals surface area contributed by atoms with Crippen LogP contribution in [0, 0.1) is 23.1 Å².